The van der Waals surface area contributed by atoms with Crippen LogP contribution in [0.5, 0.6) is 0 Å². The summed E-state index contributed by atoms with van der Waals surface area (Å²) in [5, 5.41) is 11.8. The van der Waals surface area contributed by atoms with Gasteiger partial charge in [0, 0.05) is 17.0 Å². The van der Waals surface area contributed by atoms with Crippen LogP contribution in [0.25, 0.3) is 0 Å². The first kappa shape index (κ1) is 12.4. The van der Waals surface area contributed by atoms with E-state index in [2.05, 4.69) is 0 Å². The average molecular weight is 286 g/mol. The lowest BCUT2D eigenvalue weighted by Gasteiger charge is -2.03. The summed E-state index contributed by atoms with van der Waals surface area (Å²) < 4.78 is 1.98. The first-order valence-corrected chi connectivity index (χ1v) is 5.40. The fraction of sp³-hybridized carbons (Fsp3) is 0.182. The lowest BCUT2D eigenvalue weighted by Crippen LogP contribution is -3.00. The fourth-order valence-corrected chi connectivity index (χ4v) is 2.03. The van der Waals surface area contributed by atoms with Crippen LogP contribution in [0, 0.1) is 0 Å². The summed E-state index contributed by atoms with van der Waals surface area (Å²) in [6.45, 7) is 0.612. The van der Waals surface area contributed by atoms with Crippen LogP contribution in [-0.4, -0.2) is 5.11 Å². The van der Waals surface area contributed by atoms with Crippen molar-refractivity contribution >= 4 is 11.3 Å². The molecule has 2 aromatic heterocycles. The Morgan fingerprint density at radius 1 is 1.20 bits per heavy atom. The molecule has 15 heavy (non-hydrogen) atoms. The molecule has 2 aromatic rings. The highest BCUT2D eigenvalue weighted by molar-refractivity contribution is 7.10. The highest BCUT2D eigenvalue weighted by Crippen LogP contribution is 2.18. The molecule has 1 unspecified atom stereocenters. The van der Waals surface area contributed by atoms with E-state index in [0.717, 1.165) is 4.88 Å². The summed E-state index contributed by atoms with van der Waals surface area (Å²) in [6.07, 6.45) is 3.51. The minimum Gasteiger partial charge on any atom is -1.00 e. The maximum absolute atomic E-state index is 9.85. The van der Waals surface area contributed by atoms with E-state index in [1.54, 1.807) is 11.3 Å². The van der Waals surface area contributed by atoms with E-state index in [4.69, 9.17) is 0 Å². The third-order valence-corrected chi connectivity index (χ3v) is 3.01. The van der Waals surface area contributed by atoms with Crippen molar-refractivity contribution < 1.29 is 26.7 Å². The topological polar surface area (TPSA) is 24.1 Å². The Balaban J connectivity index is 0.00000112. The second kappa shape index (κ2) is 6.00. The van der Waals surface area contributed by atoms with Crippen LogP contribution in [-0.2, 0) is 6.54 Å². The summed E-state index contributed by atoms with van der Waals surface area (Å²) in [4.78, 5) is 1.02. The molecule has 0 aromatic carbocycles. The average Bonchev–Trinajstić information content (AvgIpc) is 2.72. The predicted octanol–water partition coefficient (Wildman–Crippen LogP) is -1.23. The van der Waals surface area contributed by atoms with Crippen molar-refractivity contribution in [2.75, 3.05) is 0 Å². The van der Waals surface area contributed by atoms with Crippen LogP contribution in [0.4, 0.5) is 0 Å². The number of rotatable bonds is 3. The maximum Gasteiger partial charge on any atom is 0.179 e. The van der Waals surface area contributed by atoms with Crippen molar-refractivity contribution in [3.63, 3.8) is 0 Å². The van der Waals surface area contributed by atoms with Crippen molar-refractivity contribution in [3.05, 3.63) is 53.0 Å². The number of halogens is 1. The monoisotopic (exact) mass is 285 g/mol. The molecule has 0 bridgehead atoms. The lowest BCUT2D eigenvalue weighted by molar-refractivity contribution is -0.704. The Kier molecular flexibility index (Phi) is 4.94. The van der Waals surface area contributed by atoms with E-state index in [0.29, 0.717) is 6.54 Å². The van der Waals surface area contributed by atoms with Crippen LogP contribution >= 0.6 is 11.3 Å². The Morgan fingerprint density at radius 2 is 1.93 bits per heavy atom. The standard InChI is InChI=1S/C11H12NOS.BrH/c13-10(11-5-4-8-14-11)9-12-6-2-1-3-7-12;/h1-8,10,13H,9H2;1H/q+1;/p-1. The van der Waals surface area contributed by atoms with Gasteiger partial charge < -0.3 is 22.1 Å². The Bertz CT molecular complexity index is 377. The molecule has 0 amide bonds. The summed E-state index contributed by atoms with van der Waals surface area (Å²) in [5.41, 5.74) is 0. The molecule has 0 aliphatic carbocycles. The molecule has 4 heteroatoms. The Labute approximate surface area is 104 Å². The van der Waals surface area contributed by atoms with Crippen molar-refractivity contribution in [1.82, 2.24) is 0 Å². The molecule has 0 spiro atoms. The lowest BCUT2D eigenvalue weighted by atomic mass is 10.3. The van der Waals surface area contributed by atoms with Gasteiger partial charge in [0.15, 0.2) is 18.9 Å². The van der Waals surface area contributed by atoms with Crippen molar-refractivity contribution in [2.45, 2.75) is 12.6 Å². The number of hydrogen-bond acceptors (Lipinski definition) is 2. The largest absolute Gasteiger partial charge is 1.00 e. The quantitative estimate of drug-likeness (QED) is 0.702. The van der Waals surface area contributed by atoms with E-state index in [1.165, 1.54) is 0 Å². The van der Waals surface area contributed by atoms with Gasteiger partial charge in [0.25, 0.3) is 0 Å². The number of aliphatic hydroxyl groups excluding tert-OH is 1. The maximum atomic E-state index is 9.85. The zero-order chi connectivity index (χ0) is 9.80. The van der Waals surface area contributed by atoms with Crippen LogP contribution in [0.1, 0.15) is 11.0 Å². The minimum atomic E-state index is -0.401. The number of pyridine rings is 1. The number of nitrogens with zero attached hydrogens (tertiary/aromatic N) is 1. The molecule has 2 rings (SSSR count). The second-order valence-electron chi connectivity index (χ2n) is 3.10. The van der Waals surface area contributed by atoms with Crippen LogP contribution in [0.2, 0.25) is 0 Å². The number of hydrogen-bond donors (Lipinski definition) is 1. The molecule has 0 saturated carbocycles. The van der Waals surface area contributed by atoms with E-state index in [1.807, 2.05) is 52.7 Å². The van der Waals surface area contributed by atoms with Gasteiger partial charge in [-0.05, 0) is 11.4 Å². The van der Waals surface area contributed by atoms with Crippen LogP contribution in [0.3, 0.4) is 0 Å². The highest BCUT2D eigenvalue weighted by Gasteiger charge is 2.13. The smallest absolute Gasteiger partial charge is 0.179 e. The third-order valence-electron chi connectivity index (χ3n) is 2.03. The summed E-state index contributed by atoms with van der Waals surface area (Å²) in [7, 11) is 0. The van der Waals surface area contributed by atoms with Gasteiger partial charge in [0.05, 0.1) is 0 Å². The normalized spacial score (nSPS) is 11.8. The van der Waals surface area contributed by atoms with E-state index >= 15 is 0 Å². The molecular weight excluding hydrogens is 274 g/mol. The van der Waals surface area contributed by atoms with Gasteiger partial charge in [-0.1, -0.05) is 12.1 Å². The van der Waals surface area contributed by atoms with Gasteiger partial charge in [-0.15, -0.1) is 11.3 Å². The van der Waals surface area contributed by atoms with Crippen LogP contribution in [0.15, 0.2) is 48.1 Å². The molecule has 2 nitrogen and oxygen atoms in total. The van der Waals surface area contributed by atoms with Crippen molar-refractivity contribution in [3.8, 4) is 0 Å². The molecular formula is C11H12BrNOS. The predicted molar refractivity (Wildman–Crippen MR) is 55.9 cm³/mol. The molecule has 2 heterocycles. The van der Waals surface area contributed by atoms with E-state index < -0.39 is 6.10 Å². The van der Waals surface area contributed by atoms with E-state index in [-0.39, 0.29) is 17.0 Å². The van der Waals surface area contributed by atoms with Gasteiger partial charge in [0.2, 0.25) is 0 Å². The van der Waals surface area contributed by atoms with Crippen molar-refractivity contribution in [2.24, 2.45) is 0 Å². The van der Waals surface area contributed by atoms with Gasteiger partial charge >= 0.3 is 0 Å². The fourth-order valence-electron chi connectivity index (χ4n) is 1.33. The van der Waals surface area contributed by atoms with Crippen molar-refractivity contribution in [1.29, 1.82) is 0 Å². The van der Waals surface area contributed by atoms with Gasteiger partial charge in [-0.2, -0.15) is 0 Å². The second-order valence-corrected chi connectivity index (χ2v) is 4.08. The molecule has 0 aliphatic heterocycles. The first-order chi connectivity index (χ1) is 6.86. The third kappa shape index (κ3) is 3.41. The zero-order valence-electron chi connectivity index (χ0n) is 8.08. The molecule has 80 valence electrons. The van der Waals surface area contributed by atoms with Gasteiger partial charge in [-0.25, -0.2) is 4.57 Å². The SMILES string of the molecule is OC(C[n+]1ccccc1)c1cccs1.[Br-]. The first-order valence-electron chi connectivity index (χ1n) is 4.52. The molecule has 1 atom stereocenters. The van der Waals surface area contributed by atoms with E-state index in [9.17, 15) is 5.11 Å². The number of thiophene rings is 1. The summed E-state index contributed by atoms with van der Waals surface area (Å²) in [6, 6.07) is 9.80. The summed E-state index contributed by atoms with van der Waals surface area (Å²) >= 11 is 1.59. The molecule has 0 radical (unpaired) electrons. The Morgan fingerprint density at radius 3 is 2.53 bits per heavy atom. The van der Waals surface area contributed by atoms with Gasteiger partial charge in [-0.3, -0.25) is 0 Å². The molecule has 0 aliphatic rings. The number of aromatic nitrogens is 1. The number of aliphatic hydroxyl groups is 1. The Hall–Kier alpha value is -0.710. The van der Waals surface area contributed by atoms with Gasteiger partial charge in [0.1, 0.15) is 6.10 Å². The summed E-state index contributed by atoms with van der Waals surface area (Å²) in [5.74, 6) is 0. The zero-order valence-corrected chi connectivity index (χ0v) is 10.5. The molecule has 1 N–H and O–H groups in total. The minimum absolute atomic E-state index is 0. The molecule has 0 fully saturated rings. The van der Waals surface area contributed by atoms with Crippen LogP contribution < -0.4 is 21.5 Å². The molecule has 0 saturated heterocycles. The highest BCUT2D eigenvalue weighted by atomic mass is 79.9.